The Balaban J connectivity index is 3.50. The Bertz CT molecular complexity index is 179. The zero-order valence-electron chi connectivity index (χ0n) is 7.48. The zero-order chi connectivity index (χ0) is 11.0. The first-order valence-corrected chi connectivity index (χ1v) is 3.57. The van der Waals surface area contributed by atoms with Gasteiger partial charge in [0.15, 0.2) is 0 Å². The van der Waals surface area contributed by atoms with Gasteiger partial charge in [-0.15, -0.1) is 0 Å². The maximum absolute atomic E-state index is 10.5. The first-order chi connectivity index (χ1) is 6.60. The fraction of sp³-hybridized carbons (Fsp3) is 0.600. The first-order valence-electron chi connectivity index (χ1n) is 3.57. The van der Waals surface area contributed by atoms with Crippen molar-refractivity contribution in [2.45, 2.75) is 13.0 Å². The van der Waals surface area contributed by atoms with Crippen LogP contribution >= 0.6 is 0 Å². The van der Waals surface area contributed by atoms with Crippen molar-refractivity contribution >= 4 is 12.2 Å². The molecular formula is C5H12N4O5. The fourth-order valence-electron chi connectivity index (χ4n) is 0.412. The second-order valence-electron chi connectivity index (χ2n) is 2.16. The Morgan fingerprint density at radius 1 is 1.29 bits per heavy atom. The van der Waals surface area contributed by atoms with E-state index >= 15 is 0 Å². The van der Waals surface area contributed by atoms with E-state index in [2.05, 4.69) is 20.4 Å². The molecule has 9 nitrogen and oxygen atoms in total. The molecule has 0 heterocycles. The van der Waals surface area contributed by atoms with Crippen LogP contribution in [0, 0.1) is 0 Å². The standard InChI is InChI=1S/C5H12N4O5/c1-3(2-12-4(10)8-6)13-14-5(11)9-7/h3H,2,6-7H2,1H3,(H,8,10)(H,9,11). The molecule has 0 aliphatic carbocycles. The monoisotopic (exact) mass is 208 g/mol. The molecule has 0 saturated heterocycles. The van der Waals surface area contributed by atoms with Crippen LogP contribution in [0.25, 0.3) is 0 Å². The van der Waals surface area contributed by atoms with Gasteiger partial charge in [-0.05, 0) is 6.92 Å². The average molecular weight is 208 g/mol. The van der Waals surface area contributed by atoms with Crippen LogP contribution in [0.2, 0.25) is 0 Å². The van der Waals surface area contributed by atoms with Gasteiger partial charge in [-0.2, -0.15) is 4.89 Å². The van der Waals surface area contributed by atoms with Crippen molar-refractivity contribution in [1.82, 2.24) is 10.9 Å². The molecule has 0 bridgehead atoms. The molecule has 0 radical (unpaired) electrons. The van der Waals surface area contributed by atoms with Gasteiger partial charge in [-0.1, -0.05) is 0 Å². The van der Waals surface area contributed by atoms with E-state index in [9.17, 15) is 9.59 Å². The van der Waals surface area contributed by atoms with Gasteiger partial charge in [0.25, 0.3) is 0 Å². The Morgan fingerprint density at radius 3 is 2.36 bits per heavy atom. The third kappa shape index (κ3) is 5.99. The number of nitrogens with one attached hydrogen (secondary N) is 2. The first kappa shape index (κ1) is 12.4. The predicted octanol–water partition coefficient (Wildman–Crippen LogP) is -1.49. The van der Waals surface area contributed by atoms with Crippen LogP contribution in [-0.4, -0.2) is 24.9 Å². The second-order valence-corrected chi connectivity index (χ2v) is 2.16. The minimum atomic E-state index is -0.958. The molecule has 0 aromatic carbocycles. The molecule has 6 N–H and O–H groups in total. The Kier molecular flexibility index (Phi) is 6.11. The summed E-state index contributed by atoms with van der Waals surface area (Å²) >= 11 is 0. The molecule has 0 aliphatic heterocycles. The SMILES string of the molecule is CC(COC(=O)NN)OOC(=O)NN. The Labute approximate surface area is 79.5 Å². The van der Waals surface area contributed by atoms with E-state index in [0.717, 1.165) is 0 Å². The number of amides is 2. The zero-order valence-corrected chi connectivity index (χ0v) is 7.48. The summed E-state index contributed by atoms with van der Waals surface area (Å²) in [6, 6.07) is 0. The smallest absolute Gasteiger partial charge is 0.446 e. The van der Waals surface area contributed by atoms with Crippen LogP contribution in [0.3, 0.4) is 0 Å². The normalized spacial score (nSPS) is 11.4. The summed E-state index contributed by atoms with van der Waals surface area (Å²) in [5, 5.41) is 0. The molecule has 0 aromatic rings. The highest BCUT2D eigenvalue weighted by Crippen LogP contribution is 1.93. The minimum absolute atomic E-state index is 0.124. The van der Waals surface area contributed by atoms with Gasteiger partial charge in [-0.3, -0.25) is 15.7 Å². The summed E-state index contributed by atoms with van der Waals surface area (Å²) in [5.74, 6) is 9.41. The van der Waals surface area contributed by atoms with Gasteiger partial charge in [0.1, 0.15) is 12.7 Å². The van der Waals surface area contributed by atoms with E-state index in [4.69, 9.17) is 5.84 Å². The maximum atomic E-state index is 10.5. The van der Waals surface area contributed by atoms with Crippen LogP contribution < -0.4 is 22.5 Å². The summed E-state index contributed by atoms with van der Waals surface area (Å²) in [6.45, 7) is 1.38. The highest BCUT2D eigenvalue weighted by atomic mass is 17.2. The predicted molar refractivity (Wildman–Crippen MR) is 43.0 cm³/mol. The second kappa shape index (κ2) is 6.88. The summed E-state index contributed by atoms with van der Waals surface area (Å²) in [6.07, 6.45) is -2.41. The average Bonchev–Trinajstić information content (AvgIpc) is 2.22. The van der Waals surface area contributed by atoms with Crippen LogP contribution in [0.4, 0.5) is 9.59 Å². The van der Waals surface area contributed by atoms with E-state index < -0.39 is 18.3 Å². The Hall–Kier alpha value is -1.58. The highest BCUT2D eigenvalue weighted by molar-refractivity contribution is 5.66. The highest BCUT2D eigenvalue weighted by Gasteiger charge is 2.09. The van der Waals surface area contributed by atoms with Gasteiger partial charge in [0.2, 0.25) is 0 Å². The van der Waals surface area contributed by atoms with Crippen molar-refractivity contribution in [3.63, 3.8) is 0 Å². The minimum Gasteiger partial charge on any atom is -0.446 e. The maximum Gasteiger partial charge on any atom is 0.452 e. The number of rotatable bonds is 4. The number of ether oxygens (including phenoxy) is 1. The van der Waals surface area contributed by atoms with Crippen molar-refractivity contribution in [3.8, 4) is 0 Å². The molecule has 82 valence electrons. The quantitative estimate of drug-likeness (QED) is 0.191. The topological polar surface area (TPSA) is 138 Å². The number of hydrazine groups is 2. The lowest BCUT2D eigenvalue weighted by molar-refractivity contribution is -0.274. The van der Waals surface area contributed by atoms with Gasteiger partial charge >= 0.3 is 12.2 Å². The fourth-order valence-corrected chi connectivity index (χ4v) is 0.412. The van der Waals surface area contributed by atoms with E-state index in [1.54, 1.807) is 10.9 Å². The molecule has 0 rings (SSSR count). The summed E-state index contributed by atoms with van der Waals surface area (Å²) in [4.78, 5) is 29.4. The molecule has 0 fully saturated rings. The third-order valence-corrected chi connectivity index (χ3v) is 0.973. The largest absolute Gasteiger partial charge is 0.452 e. The van der Waals surface area contributed by atoms with Crippen molar-refractivity contribution < 1.29 is 24.1 Å². The van der Waals surface area contributed by atoms with E-state index in [1.165, 1.54) is 6.92 Å². The van der Waals surface area contributed by atoms with Crippen molar-refractivity contribution in [1.29, 1.82) is 0 Å². The molecule has 0 aliphatic rings. The molecule has 2 amide bonds. The molecular weight excluding hydrogens is 196 g/mol. The van der Waals surface area contributed by atoms with Crippen LogP contribution in [-0.2, 0) is 14.5 Å². The lowest BCUT2D eigenvalue weighted by Gasteiger charge is -2.10. The molecule has 14 heavy (non-hydrogen) atoms. The molecule has 0 spiro atoms. The van der Waals surface area contributed by atoms with Gasteiger partial charge in [0, 0.05) is 0 Å². The summed E-state index contributed by atoms with van der Waals surface area (Å²) in [7, 11) is 0. The molecule has 1 atom stereocenters. The van der Waals surface area contributed by atoms with Gasteiger partial charge in [0.05, 0.1) is 0 Å². The number of hydrogen-bond donors (Lipinski definition) is 4. The van der Waals surface area contributed by atoms with Crippen LogP contribution in [0.15, 0.2) is 0 Å². The van der Waals surface area contributed by atoms with E-state index in [0.29, 0.717) is 0 Å². The van der Waals surface area contributed by atoms with E-state index in [1.807, 2.05) is 0 Å². The Morgan fingerprint density at radius 2 is 1.86 bits per heavy atom. The van der Waals surface area contributed by atoms with Crippen LogP contribution in [0.5, 0.6) is 0 Å². The lowest BCUT2D eigenvalue weighted by atomic mass is 10.4. The number of hydrogen-bond acceptors (Lipinski definition) is 7. The lowest BCUT2D eigenvalue weighted by Crippen LogP contribution is -2.34. The van der Waals surface area contributed by atoms with E-state index in [-0.39, 0.29) is 6.61 Å². The molecule has 9 heteroatoms. The molecule has 0 saturated carbocycles. The number of carbonyl (C=O) groups excluding carboxylic acids is 2. The molecule has 1 unspecified atom stereocenters. The van der Waals surface area contributed by atoms with Crippen molar-refractivity contribution in [2.24, 2.45) is 11.7 Å². The van der Waals surface area contributed by atoms with Crippen LogP contribution in [0.1, 0.15) is 6.92 Å². The summed E-state index contributed by atoms with van der Waals surface area (Å²) in [5.41, 5.74) is 3.41. The molecule has 0 aromatic heterocycles. The van der Waals surface area contributed by atoms with Gasteiger partial charge in [-0.25, -0.2) is 21.3 Å². The third-order valence-electron chi connectivity index (χ3n) is 0.973. The van der Waals surface area contributed by atoms with Gasteiger partial charge < -0.3 is 4.74 Å². The van der Waals surface area contributed by atoms with Crippen molar-refractivity contribution in [2.75, 3.05) is 6.61 Å². The van der Waals surface area contributed by atoms with Crippen molar-refractivity contribution in [3.05, 3.63) is 0 Å². The number of carbonyl (C=O) groups is 2. The number of nitrogens with two attached hydrogens (primary N) is 2. The summed E-state index contributed by atoms with van der Waals surface area (Å²) < 4.78 is 4.48.